The van der Waals surface area contributed by atoms with Crippen LogP contribution in [0.3, 0.4) is 0 Å². The van der Waals surface area contributed by atoms with Crippen LogP contribution in [0.25, 0.3) is 0 Å². The van der Waals surface area contributed by atoms with Gasteiger partial charge in [0.15, 0.2) is 0 Å². The highest BCUT2D eigenvalue weighted by Gasteiger charge is 2.33. The minimum absolute atomic E-state index is 0. The lowest BCUT2D eigenvalue weighted by atomic mass is 9.80. The smallest absolute Gasteiger partial charge is 0.226 e. The van der Waals surface area contributed by atoms with E-state index in [1.165, 1.54) is 44.9 Å². The average molecular weight is 1200 g/mol. The molecule has 7 N–H and O–H groups in total. The zero-order valence-electron chi connectivity index (χ0n) is 59.2. The van der Waals surface area contributed by atoms with E-state index in [9.17, 15) is 28.8 Å². The molecule has 0 aromatic heterocycles. The molecule has 0 spiro atoms. The number of nitrogens with one attached hydrogen (secondary N) is 5. The summed E-state index contributed by atoms with van der Waals surface area (Å²) in [7, 11) is 0. The molecule has 0 saturated heterocycles. The summed E-state index contributed by atoms with van der Waals surface area (Å²) in [5.41, 5.74) is 4.55. The number of primary amides is 1. The standard InChI is InChI=1S/2C14H29NO.2C13H27NO.C9H19NO.C5H11NO.4CH4/c1-9-13(5,6)11(16)15-14(7,8)10-12(2,3)4;1-6-9-10-12(7-2)11-15-13(16)14(4,5)8-3;1-8-10(2)11(15)14-13(6,7)9-12(3,4)5;1-5-8-9-12(7-3)10-14-13(15)11(4)6-2;1-6-7(2)8(11)10-9(3,4)5;1-3-4(2)5(6)7;;;;/h9-10H2,1-8H3,(H,15,16);12H,6-11H2,1-5H3,(H,15,16);10H,8-9H2,1-7H3,(H,14,15);11-12H,5-10H2,1-4H3,(H,14,15);7H,6H2,1-5H3,(H,10,11);4H,3H2,1-2H3,(H2,6,7);4*1H4. The van der Waals surface area contributed by atoms with E-state index >= 15 is 0 Å². The van der Waals surface area contributed by atoms with Crippen molar-refractivity contribution >= 4 is 35.4 Å². The van der Waals surface area contributed by atoms with Crippen LogP contribution in [0.4, 0.5) is 0 Å². The first-order chi connectivity index (χ1) is 36.1. The van der Waals surface area contributed by atoms with E-state index in [4.69, 9.17) is 5.73 Å². The monoisotopic (exact) mass is 1200 g/mol. The van der Waals surface area contributed by atoms with E-state index in [0.29, 0.717) is 11.8 Å². The van der Waals surface area contributed by atoms with E-state index in [1.807, 2.05) is 96.9 Å². The van der Waals surface area contributed by atoms with Crippen molar-refractivity contribution in [3.63, 3.8) is 0 Å². The Kier molecular flexibility index (Phi) is 63.3. The number of hydrogen-bond donors (Lipinski definition) is 6. The lowest BCUT2D eigenvalue weighted by Crippen LogP contribution is -2.50. The number of hydrogen-bond acceptors (Lipinski definition) is 6. The van der Waals surface area contributed by atoms with Crippen LogP contribution in [0, 0.1) is 57.2 Å². The van der Waals surface area contributed by atoms with Crippen LogP contribution in [0.2, 0.25) is 0 Å². The predicted molar refractivity (Wildman–Crippen MR) is 375 cm³/mol. The fourth-order valence-electron chi connectivity index (χ4n) is 8.03. The van der Waals surface area contributed by atoms with Crippen molar-refractivity contribution in [3.05, 3.63) is 0 Å². The molecule has 0 radical (unpaired) electrons. The third-order valence-electron chi connectivity index (χ3n) is 14.8. The molecule has 6 unspecified atom stereocenters. The summed E-state index contributed by atoms with van der Waals surface area (Å²) in [6.45, 7) is 66.0. The van der Waals surface area contributed by atoms with Gasteiger partial charge in [-0.25, -0.2) is 0 Å². The molecule has 0 fully saturated rings. The van der Waals surface area contributed by atoms with Gasteiger partial charge >= 0.3 is 0 Å². The van der Waals surface area contributed by atoms with Gasteiger partial charge in [0.05, 0.1) is 0 Å². The van der Waals surface area contributed by atoms with Gasteiger partial charge in [0, 0.05) is 64.2 Å². The molecule has 0 heterocycles. The van der Waals surface area contributed by atoms with Gasteiger partial charge in [-0.3, -0.25) is 28.8 Å². The predicted octanol–water partition coefficient (Wildman–Crippen LogP) is 19.2. The number of unbranched alkanes of at least 4 members (excludes halogenated alkanes) is 2. The SMILES string of the molecule is C.C.C.C.CCC(C)(C)C(=O)NC(C)(C)CC(C)(C)C.CCC(C)C(=O)NC(C)(C)C.CCC(C)C(=O)NC(C)(C)CC(C)(C)C.CCC(C)C(N)=O.CCCCC(CC)CNC(=O)C(C)(C)CC.CCCCC(CC)CNC(=O)C(C)CC. The summed E-state index contributed by atoms with van der Waals surface area (Å²) < 4.78 is 0. The molecule has 0 aliphatic rings. The Labute approximate surface area is 528 Å². The van der Waals surface area contributed by atoms with Crippen LogP contribution >= 0.6 is 0 Å². The minimum atomic E-state index is -0.269. The average Bonchev–Trinajstić information content (AvgIpc) is 3.33. The number of carbonyl (C=O) groups excluding carboxylic acids is 6. The molecular formula is C72H158N6O6. The van der Waals surface area contributed by atoms with Gasteiger partial charge in [0.25, 0.3) is 0 Å². The van der Waals surface area contributed by atoms with Gasteiger partial charge in [-0.15, -0.1) is 0 Å². The molecule has 0 aliphatic carbocycles. The highest BCUT2D eigenvalue weighted by atomic mass is 16.2. The van der Waals surface area contributed by atoms with Crippen molar-refractivity contribution in [1.82, 2.24) is 26.6 Å². The maximum Gasteiger partial charge on any atom is 0.226 e. The largest absolute Gasteiger partial charge is 0.369 e. The molecule has 12 nitrogen and oxygen atoms in total. The zero-order chi connectivity index (χ0) is 64.7. The summed E-state index contributed by atoms with van der Waals surface area (Å²) >= 11 is 0. The Hall–Kier alpha value is -3.18. The van der Waals surface area contributed by atoms with Gasteiger partial charge in [-0.2, -0.15) is 0 Å². The maximum atomic E-state index is 12.1. The van der Waals surface area contributed by atoms with Crippen molar-refractivity contribution in [3.8, 4) is 0 Å². The Morgan fingerprint density at radius 1 is 0.381 bits per heavy atom. The van der Waals surface area contributed by atoms with Crippen LogP contribution in [0.1, 0.15) is 347 Å². The lowest BCUT2D eigenvalue weighted by Gasteiger charge is -2.36. The van der Waals surface area contributed by atoms with E-state index in [0.717, 1.165) is 70.9 Å². The van der Waals surface area contributed by atoms with Crippen molar-refractivity contribution in [2.24, 2.45) is 62.9 Å². The molecule has 0 aromatic carbocycles. The number of amides is 6. The third kappa shape index (κ3) is 61.9. The molecular weight excluding hydrogens is 1040 g/mol. The molecule has 0 aromatic rings. The third-order valence-corrected chi connectivity index (χ3v) is 14.8. The molecule has 6 atom stereocenters. The van der Waals surface area contributed by atoms with Crippen LogP contribution in [-0.4, -0.2) is 65.1 Å². The first kappa shape index (κ1) is 103. The Bertz CT molecular complexity index is 1630. The summed E-state index contributed by atoms with van der Waals surface area (Å²) in [5, 5.41) is 15.4. The lowest BCUT2D eigenvalue weighted by molar-refractivity contribution is -0.131. The molecule has 84 heavy (non-hydrogen) atoms. The molecule has 0 aliphatic heterocycles. The fourth-order valence-corrected chi connectivity index (χ4v) is 8.03. The van der Waals surface area contributed by atoms with Crippen molar-refractivity contribution in [1.29, 1.82) is 0 Å². The van der Waals surface area contributed by atoms with Crippen molar-refractivity contribution in [2.75, 3.05) is 13.1 Å². The molecule has 12 heteroatoms. The van der Waals surface area contributed by atoms with E-state index in [2.05, 4.69) is 144 Å². The minimum Gasteiger partial charge on any atom is -0.369 e. The number of nitrogens with two attached hydrogens (primary N) is 1. The number of carbonyl (C=O) groups is 6. The highest BCUT2D eigenvalue weighted by Crippen LogP contribution is 2.30. The molecule has 0 saturated carbocycles. The van der Waals surface area contributed by atoms with Gasteiger partial charge < -0.3 is 32.3 Å². The van der Waals surface area contributed by atoms with E-state index in [-0.39, 0.29) is 127 Å². The van der Waals surface area contributed by atoms with E-state index < -0.39 is 0 Å². The topological polar surface area (TPSA) is 189 Å². The van der Waals surface area contributed by atoms with Crippen LogP contribution in [0.15, 0.2) is 0 Å². The van der Waals surface area contributed by atoms with Crippen LogP contribution < -0.4 is 32.3 Å². The normalized spacial score (nSPS) is 13.5. The first-order valence-electron chi connectivity index (χ1n) is 32.0. The molecule has 6 amide bonds. The zero-order valence-corrected chi connectivity index (χ0v) is 59.2. The maximum absolute atomic E-state index is 12.1. The van der Waals surface area contributed by atoms with Crippen LogP contribution in [0.5, 0.6) is 0 Å². The van der Waals surface area contributed by atoms with Gasteiger partial charge in [0.1, 0.15) is 0 Å². The molecule has 0 bridgehead atoms. The van der Waals surface area contributed by atoms with Gasteiger partial charge in [-0.1, -0.05) is 234 Å². The first-order valence-corrected chi connectivity index (χ1v) is 32.0. The highest BCUT2D eigenvalue weighted by molar-refractivity contribution is 5.83. The summed E-state index contributed by atoms with van der Waals surface area (Å²) in [5.74, 6) is 2.46. The summed E-state index contributed by atoms with van der Waals surface area (Å²) in [4.78, 5) is 68.7. The second-order valence-electron chi connectivity index (χ2n) is 29.3. The number of rotatable bonds is 28. The Morgan fingerprint density at radius 3 is 0.940 bits per heavy atom. The fraction of sp³-hybridized carbons (Fsp3) is 0.917. The Balaban J connectivity index is -0.0000000982. The second kappa shape index (κ2) is 51.8. The van der Waals surface area contributed by atoms with E-state index in [1.54, 1.807) is 0 Å². The van der Waals surface area contributed by atoms with Gasteiger partial charge in [-0.05, 0) is 135 Å². The van der Waals surface area contributed by atoms with Crippen molar-refractivity contribution in [2.45, 2.75) is 364 Å². The van der Waals surface area contributed by atoms with Gasteiger partial charge in [0.2, 0.25) is 35.4 Å². The summed E-state index contributed by atoms with van der Waals surface area (Å²) in [6, 6.07) is 0. The van der Waals surface area contributed by atoms with Crippen molar-refractivity contribution < 1.29 is 28.8 Å². The molecule has 0 rings (SSSR count). The second-order valence-corrected chi connectivity index (χ2v) is 29.3. The van der Waals surface area contributed by atoms with Crippen LogP contribution in [-0.2, 0) is 28.8 Å². The Morgan fingerprint density at radius 2 is 0.679 bits per heavy atom. The molecule has 512 valence electrons. The summed E-state index contributed by atoms with van der Waals surface area (Å²) in [6.07, 6.45) is 17.1. The quantitative estimate of drug-likeness (QED) is 0.0452.